The van der Waals surface area contributed by atoms with Gasteiger partial charge >= 0.3 is 7.12 Å². The first-order valence-electron chi connectivity index (χ1n) is 15.3. The molecule has 2 amide bonds. The minimum Gasteiger partial charge on any atom is -0.507 e. The van der Waals surface area contributed by atoms with Crippen LogP contribution in [0.5, 0.6) is 5.75 Å². The first-order valence-corrected chi connectivity index (χ1v) is 15.3. The van der Waals surface area contributed by atoms with Crippen LogP contribution in [-0.2, 0) is 14.2 Å². The van der Waals surface area contributed by atoms with Crippen LogP contribution in [0.15, 0.2) is 77.4 Å². The van der Waals surface area contributed by atoms with Crippen molar-refractivity contribution in [2.45, 2.75) is 58.4 Å². The summed E-state index contributed by atoms with van der Waals surface area (Å²) in [6.07, 6.45) is 5.21. The number of rotatable bonds is 8. The van der Waals surface area contributed by atoms with Crippen molar-refractivity contribution in [1.82, 2.24) is 0 Å². The van der Waals surface area contributed by atoms with E-state index in [1.165, 1.54) is 23.8 Å². The summed E-state index contributed by atoms with van der Waals surface area (Å²) in [6, 6.07) is 17.0. The number of nitro groups is 1. The first kappa shape index (κ1) is 29.8. The van der Waals surface area contributed by atoms with Crippen LogP contribution in [0.2, 0.25) is 6.32 Å². The fraction of sp³-hybridized carbons (Fsp3) is 0.353. The van der Waals surface area contributed by atoms with Crippen molar-refractivity contribution in [3.05, 3.63) is 93.1 Å². The summed E-state index contributed by atoms with van der Waals surface area (Å²) in [5, 5.41) is 34.3. The molecule has 6 rings (SSSR count). The van der Waals surface area contributed by atoms with E-state index in [2.05, 4.69) is 13.0 Å². The molecular formula is C34H35BN2O7. The van der Waals surface area contributed by atoms with E-state index in [4.69, 9.17) is 4.65 Å². The maximum Gasteiger partial charge on any atom is 0.455 e. The fourth-order valence-electron chi connectivity index (χ4n) is 7.42. The molecule has 0 saturated carbocycles. The zero-order valence-corrected chi connectivity index (χ0v) is 24.8. The molecule has 10 heteroatoms. The number of nitrogens with zero attached hydrogens (tertiary/aromatic N) is 2. The number of nitro benzene ring substituents is 1. The highest BCUT2D eigenvalue weighted by molar-refractivity contribution is 6.43. The van der Waals surface area contributed by atoms with Gasteiger partial charge in [0.2, 0.25) is 11.8 Å². The van der Waals surface area contributed by atoms with E-state index < -0.39 is 30.0 Å². The lowest BCUT2D eigenvalue weighted by molar-refractivity contribution is -0.384. The quantitative estimate of drug-likeness (QED) is 0.101. The lowest BCUT2D eigenvalue weighted by Gasteiger charge is -2.43. The number of benzene rings is 3. The third-order valence-corrected chi connectivity index (χ3v) is 9.51. The van der Waals surface area contributed by atoms with Crippen LogP contribution in [0.25, 0.3) is 16.8 Å². The number of aromatic hydroxyl groups is 1. The van der Waals surface area contributed by atoms with Crippen molar-refractivity contribution in [2.24, 2.45) is 17.8 Å². The molecule has 3 aliphatic rings. The SMILES string of the molecule is CCC1=C2[C@@H](CC/C(=C/c3ccc(O)c4ccccc34)CC)OB(O)C[C@@H]2[C@@H]2C(=O)N(c3cccc([N+](=O)[O-])c3)C(=O)[C@@H]2C1. The van der Waals surface area contributed by atoms with Crippen molar-refractivity contribution in [1.29, 1.82) is 0 Å². The summed E-state index contributed by atoms with van der Waals surface area (Å²) in [5.74, 6) is -2.07. The van der Waals surface area contributed by atoms with Gasteiger partial charge < -0.3 is 14.8 Å². The molecule has 2 aliphatic heterocycles. The normalized spacial score (nSPS) is 23.8. The second-order valence-electron chi connectivity index (χ2n) is 11.9. The number of phenolic OH excluding ortho intramolecular Hbond substituents is 1. The van der Waals surface area contributed by atoms with Gasteiger partial charge in [0, 0.05) is 17.5 Å². The van der Waals surface area contributed by atoms with Crippen molar-refractivity contribution < 1.29 is 29.3 Å². The van der Waals surface area contributed by atoms with Gasteiger partial charge in [0.05, 0.1) is 28.6 Å². The van der Waals surface area contributed by atoms with Crippen LogP contribution in [0.3, 0.4) is 0 Å². The molecule has 3 aromatic rings. The molecule has 0 aromatic heterocycles. The van der Waals surface area contributed by atoms with Crippen LogP contribution >= 0.6 is 0 Å². The van der Waals surface area contributed by atoms with Gasteiger partial charge in [-0.3, -0.25) is 19.7 Å². The molecule has 3 aromatic carbocycles. The highest BCUT2D eigenvalue weighted by Crippen LogP contribution is 2.52. The molecule has 1 aliphatic carbocycles. The van der Waals surface area contributed by atoms with E-state index in [9.17, 15) is 29.8 Å². The molecule has 2 saturated heterocycles. The number of amides is 2. The van der Waals surface area contributed by atoms with Gasteiger partial charge in [-0.2, -0.15) is 0 Å². The Hall–Kier alpha value is -4.28. The van der Waals surface area contributed by atoms with E-state index in [-0.39, 0.29) is 41.2 Å². The van der Waals surface area contributed by atoms with E-state index in [0.717, 1.165) is 38.8 Å². The second kappa shape index (κ2) is 12.0. The molecule has 2 N–H and O–H groups in total. The molecule has 0 spiro atoms. The summed E-state index contributed by atoms with van der Waals surface area (Å²) in [4.78, 5) is 39.5. The lowest BCUT2D eigenvalue weighted by atomic mass is 9.58. The van der Waals surface area contributed by atoms with Crippen LogP contribution < -0.4 is 4.90 Å². The summed E-state index contributed by atoms with van der Waals surface area (Å²) < 4.78 is 6.14. The molecule has 0 radical (unpaired) electrons. The van der Waals surface area contributed by atoms with Gasteiger partial charge in [0.25, 0.3) is 5.69 Å². The summed E-state index contributed by atoms with van der Waals surface area (Å²) in [5.41, 5.74) is 4.33. The predicted octanol–water partition coefficient (Wildman–Crippen LogP) is 6.44. The van der Waals surface area contributed by atoms with E-state index in [0.29, 0.717) is 25.7 Å². The Labute approximate surface area is 256 Å². The second-order valence-corrected chi connectivity index (χ2v) is 11.9. The monoisotopic (exact) mass is 594 g/mol. The number of carbonyl (C=O) groups is 2. The highest BCUT2D eigenvalue weighted by atomic mass is 16.6. The summed E-state index contributed by atoms with van der Waals surface area (Å²) in [6.45, 7) is 4.13. The number of non-ortho nitro benzene ring substituents is 1. The number of hydrogen-bond donors (Lipinski definition) is 2. The topological polar surface area (TPSA) is 130 Å². The van der Waals surface area contributed by atoms with Crippen molar-refractivity contribution in [3.8, 4) is 5.75 Å². The van der Waals surface area contributed by atoms with Crippen LogP contribution in [0, 0.1) is 27.9 Å². The van der Waals surface area contributed by atoms with Crippen molar-refractivity contribution in [3.63, 3.8) is 0 Å². The summed E-state index contributed by atoms with van der Waals surface area (Å²) >= 11 is 0. The van der Waals surface area contributed by atoms with Gasteiger partial charge in [0.15, 0.2) is 0 Å². The number of fused-ring (bicyclic) bond motifs is 4. The zero-order chi connectivity index (χ0) is 31.1. The number of carbonyl (C=O) groups excluding carboxylic acids is 2. The average Bonchev–Trinajstić information content (AvgIpc) is 3.28. The Morgan fingerprint density at radius 2 is 1.84 bits per heavy atom. The highest BCUT2D eigenvalue weighted by Gasteiger charge is 2.57. The van der Waals surface area contributed by atoms with E-state index in [1.54, 1.807) is 12.1 Å². The smallest absolute Gasteiger partial charge is 0.455 e. The molecule has 44 heavy (non-hydrogen) atoms. The largest absolute Gasteiger partial charge is 0.507 e. The maximum atomic E-state index is 13.9. The Morgan fingerprint density at radius 3 is 2.57 bits per heavy atom. The molecule has 2 heterocycles. The number of imide groups is 1. The summed E-state index contributed by atoms with van der Waals surface area (Å²) in [7, 11) is -1.07. The molecule has 0 unspecified atom stereocenters. The minimum atomic E-state index is -1.07. The first-order chi connectivity index (χ1) is 21.2. The third-order valence-electron chi connectivity index (χ3n) is 9.51. The zero-order valence-electron chi connectivity index (χ0n) is 24.8. The molecule has 226 valence electrons. The standard InChI is InChI=1S/C34H35BN2O7/c1-3-20(16-22-13-14-29(38)26-11-6-5-10-25(22)26)12-15-30-31-21(4-2)17-27-32(28(31)19-35(41)44-30)34(40)36(33(27)39)23-8-7-9-24(18-23)37(42)43/h5-11,13-14,16,18,27-28,30,32,38,41H,3-4,12,15,17,19H2,1-2H3/b20-16+/t27-,28+,30-,32-/m1/s1. The van der Waals surface area contributed by atoms with Gasteiger partial charge in [-0.15, -0.1) is 0 Å². The van der Waals surface area contributed by atoms with E-state index in [1.807, 2.05) is 37.3 Å². The minimum absolute atomic E-state index is 0.187. The molecule has 9 nitrogen and oxygen atoms in total. The van der Waals surface area contributed by atoms with Crippen molar-refractivity contribution >= 4 is 47.2 Å². The maximum absolute atomic E-state index is 13.9. The van der Waals surface area contributed by atoms with E-state index >= 15 is 0 Å². The fourth-order valence-corrected chi connectivity index (χ4v) is 7.42. The van der Waals surface area contributed by atoms with Crippen LogP contribution in [-0.4, -0.2) is 40.1 Å². The number of anilines is 1. The third kappa shape index (κ3) is 5.22. The molecule has 0 bridgehead atoms. The number of phenols is 1. The predicted molar refractivity (Wildman–Crippen MR) is 169 cm³/mol. The molecule has 4 atom stereocenters. The van der Waals surface area contributed by atoms with Crippen molar-refractivity contribution in [2.75, 3.05) is 4.90 Å². The molecular weight excluding hydrogens is 559 g/mol. The van der Waals surface area contributed by atoms with Crippen LogP contribution in [0.4, 0.5) is 11.4 Å². The lowest BCUT2D eigenvalue weighted by Crippen LogP contribution is -2.46. The Bertz CT molecular complexity index is 1720. The molecule has 2 fully saturated rings. The Kier molecular flexibility index (Phi) is 8.13. The number of allylic oxidation sites excluding steroid dienone is 2. The number of hydrogen-bond acceptors (Lipinski definition) is 7. The average molecular weight is 594 g/mol. The van der Waals surface area contributed by atoms with Gasteiger partial charge in [-0.05, 0) is 73.0 Å². The van der Waals surface area contributed by atoms with Crippen LogP contribution in [0.1, 0.15) is 51.5 Å². The Balaban J connectivity index is 1.28. The van der Waals surface area contributed by atoms with Gasteiger partial charge in [0.1, 0.15) is 5.75 Å². The van der Waals surface area contributed by atoms with Gasteiger partial charge in [-0.1, -0.05) is 67.5 Å². The van der Waals surface area contributed by atoms with Gasteiger partial charge in [-0.25, -0.2) is 4.90 Å². The Morgan fingerprint density at radius 1 is 1.07 bits per heavy atom.